The average Bonchev–Trinajstić information content (AvgIpc) is 2.13. The summed E-state index contributed by atoms with van der Waals surface area (Å²) in [5.74, 6) is 0.0961. The fourth-order valence-electron chi connectivity index (χ4n) is 1.01. The van der Waals surface area contributed by atoms with Gasteiger partial charge in [0.05, 0.1) is 0 Å². The molecule has 0 saturated heterocycles. The maximum absolute atomic E-state index is 11.3. The lowest BCUT2D eigenvalue weighted by Crippen LogP contribution is -2.06. The van der Waals surface area contributed by atoms with E-state index in [0.29, 0.717) is 13.0 Å². The second kappa shape index (κ2) is 7.21. The number of ether oxygens (including phenoxy) is 1. The van der Waals surface area contributed by atoms with Gasteiger partial charge in [0.2, 0.25) is 0 Å². The predicted octanol–water partition coefficient (Wildman–Crippen LogP) is 2.50. The third-order valence-corrected chi connectivity index (χ3v) is 2.13. The van der Waals surface area contributed by atoms with Crippen molar-refractivity contribution < 1.29 is 14.3 Å². The maximum atomic E-state index is 11.3. The molecule has 3 nitrogen and oxygen atoms in total. The second-order valence-electron chi connectivity index (χ2n) is 3.97. The summed E-state index contributed by atoms with van der Waals surface area (Å²) in [4.78, 5) is 21.8. The Labute approximate surface area is 91.5 Å². The molecule has 0 aromatic carbocycles. The highest BCUT2D eigenvalue weighted by molar-refractivity contribution is 5.80. The average molecular weight is 212 g/mol. The normalized spacial score (nSPS) is 11.7. The van der Waals surface area contributed by atoms with E-state index >= 15 is 0 Å². The number of allylic oxidation sites excluding steroid dienone is 1. The minimum Gasteiger partial charge on any atom is -0.462 e. The van der Waals surface area contributed by atoms with E-state index in [1.54, 1.807) is 0 Å². The maximum Gasteiger partial charge on any atom is 0.302 e. The van der Waals surface area contributed by atoms with Gasteiger partial charge in [0.15, 0.2) is 0 Å². The van der Waals surface area contributed by atoms with E-state index in [1.807, 2.05) is 26.8 Å². The molecule has 86 valence electrons. The molecule has 0 unspecified atom stereocenters. The van der Waals surface area contributed by atoms with Crippen molar-refractivity contribution in [3.05, 3.63) is 11.6 Å². The highest BCUT2D eigenvalue weighted by Gasteiger charge is 2.06. The fourth-order valence-corrected chi connectivity index (χ4v) is 1.01. The quantitative estimate of drug-likeness (QED) is 0.502. The number of carbonyl (C=O) groups is 2. The van der Waals surface area contributed by atoms with Gasteiger partial charge in [-0.15, -0.1) is 0 Å². The van der Waals surface area contributed by atoms with Crippen LogP contribution in [-0.2, 0) is 14.3 Å². The Hall–Kier alpha value is -1.12. The highest BCUT2D eigenvalue weighted by Crippen LogP contribution is 2.08. The van der Waals surface area contributed by atoms with Crippen molar-refractivity contribution in [2.75, 3.05) is 6.61 Å². The van der Waals surface area contributed by atoms with Crippen LogP contribution in [0.25, 0.3) is 0 Å². The summed E-state index contributed by atoms with van der Waals surface area (Å²) in [6.07, 6.45) is 3.16. The minimum absolute atomic E-state index is 0.103. The van der Waals surface area contributed by atoms with Gasteiger partial charge in [0.1, 0.15) is 12.4 Å². The minimum atomic E-state index is -0.280. The molecule has 0 aliphatic heterocycles. The van der Waals surface area contributed by atoms with Crippen molar-refractivity contribution in [1.82, 2.24) is 0 Å². The predicted molar refractivity (Wildman–Crippen MR) is 59.5 cm³/mol. The standard InChI is InChI=1S/C12H20O3/c1-9(2)12(14)6-5-10(3)7-8-15-11(4)13/h7,9H,5-6,8H2,1-4H3/b10-7+. The van der Waals surface area contributed by atoms with Gasteiger partial charge in [-0.3, -0.25) is 9.59 Å². The van der Waals surface area contributed by atoms with Gasteiger partial charge in [0, 0.05) is 19.3 Å². The lowest BCUT2D eigenvalue weighted by molar-refractivity contribution is -0.139. The molecule has 0 radical (unpaired) electrons. The second-order valence-corrected chi connectivity index (χ2v) is 3.97. The first-order valence-electron chi connectivity index (χ1n) is 5.25. The summed E-state index contributed by atoms with van der Waals surface area (Å²) in [7, 11) is 0. The Bertz CT molecular complexity index is 252. The molecular formula is C12H20O3. The molecule has 0 saturated carbocycles. The molecule has 0 atom stereocenters. The van der Waals surface area contributed by atoms with Gasteiger partial charge in [-0.2, -0.15) is 0 Å². The van der Waals surface area contributed by atoms with Crippen molar-refractivity contribution in [1.29, 1.82) is 0 Å². The fraction of sp³-hybridized carbons (Fsp3) is 0.667. The van der Waals surface area contributed by atoms with Crippen LogP contribution < -0.4 is 0 Å². The van der Waals surface area contributed by atoms with E-state index in [9.17, 15) is 9.59 Å². The van der Waals surface area contributed by atoms with E-state index < -0.39 is 0 Å². The summed E-state index contributed by atoms with van der Waals surface area (Å²) in [6, 6.07) is 0. The highest BCUT2D eigenvalue weighted by atomic mass is 16.5. The van der Waals surface area contributed by atoms with Crippen molar-refractivity contribution in [2.45, 2.75) is 40.5 Å². The topological polar surface area (TPSA) is 43.4 Å². The number of rotatable bonds is 6. The number of hydrogen-bond acceptors (Lipinski definition) is 3. The first-order chi connectivity index (χ1) is 6.93. The Kier molecular flexibility index (Phi) is 6.67. The monoisotopic (exact) mass is 212 g/mol. The first-order valence-corrected chi connectivity index (χ1v) is 5.25. The van der Waals surface area contributed by atoms with Crippen LogP contribution in [0.1, 0.15) is 40.5 Å². The largest absolute Gasteiger partial charge is 0.462 e. The molecule has 0 amide bonds. The molecule has 15 heavy (non-hydrogen) atoms. The zero-order valence-electron chi connectivity index (χ0n) is 10.0. The number of ketones is 1. The van der Waals surface area contributed by atoms with E-state index in [-0.39, 0.29) is 17.7 Å². The molecule has 0 aliphatic carbocycles. The molecule has 0 aromatic heterocycles. The van der Waals surface area contributed by atoms with Crippen molar-refractivity contribution in [2.24, 2.45) is 5.92 Å². The molecule has 0 heterocycles. The Morgan fingerprint density at radius 1 is 1.20 bits per heavy atom. The summed E-state index contributed by atoms with van der Waals surface area (Å²) in [5.41, 5.74) is 1.09. The van der Waals surface area contributed by atoms with Crippen molar-refractivity contribution >= 4 is 11.8 Å². The number of carbonyl (C=O) groups excluding carboxylic acids is 2. The zero-order valence-corrected chi connectivity index (χ0v) is 10.0. The summed E-state index contributed by atoms with van der Waals surface area (Å²) in [5, 5.41) is 0. The van der Waals surface area contributed by atoms with E-state index in [0.717, 1.165) is 12.0 Å². The summed E-state index contributed by atoms with van der Waals surface area (Å²) in [6.45, 7) is 7.43. The van der Waals surface area contributed by atoms with Crippen LogP contribution in [0.4, 0.5) is 0 Å². The SMILES string of the molecule is CC(=O)OC/C=C(\C)CCC(=O)C(C)C. The van der Waals surface area contributed by atoms with Gasteiger partial charge < -0.3 is 4.74 Å². The van der Waals surface area contributed by atoms with Gasteiger partial charge in [-0.25, -0.2) is 0 Å². The van der Waals surface area contributed by atoms with Gasteiger partial charge in [-0.05, 0) is 19.4 Å². The van der Waals surface area contributed by atoms with Crippen LogP contribution >= 0.6 is 0 Å². The molecule has 0 aliphatic rings. The molecular weight excluding hydrogens is 192 g/mol. The Morgan fingerprint density at radius 3 is 2.27 bits per heavy atom. The molecule has 0 aromatic rings. The van der Waals surface area contributed by atoms with Crippen molar-refractivity contribution in [3.63, 3.8) is 0 Å². The molecule has 0 fully saturated rings. The Balaban J connectivity index is 3.77. The van der Waals surface area contributed by atoms with Crippen molar-refractivity contribution in [3.8, 4) is 0 Å². The number of Topliss-reactive ketones (excluding diaryl/α,β-unsaturated/α-hetero) is 1. The van der Waals surface area contributed by atoms with Crippen LogP contribution in [0.3, 0.4) is 0 Å². The number of esters is 1. The van der Waals surface area contributed by atoms with E-state index in [1.165, 1.54) is 6.92 Å². The lowest BCUT2D eigenvalue weighted by atomic mass is 10.0. The summed E-state index contributed by atoms with van der Waals surface area (Å²) >= 11 is 0. The van der Waals surface area contributed by atoms with Crippen LogP contribution in [0, 0.1) is 5.92 Å². The van der Waals surface area contributed by atoms with Crippen LogP contribution in [0.5, 0.6) is 0 Å². The molecule has 0 bridgehead atoms. The number of hydrogen-bond donors (Lipinski definition) is 0. The summed E-state index contributed by atoms with van der Waals surface area (Å²) < 4.78 is 4.77. The lowest BCUT2D eigenvalue weighted by Gasteiger charge is -2.04. The van der Waals surface area contributed by atoms with Crippen LogP contribution in [0.15, 0.2) is 11.6 Å². The molecule has 3 heteroatoms. The zero-order chi connectivity index (χ0) is 11.8. The van der Waals surface area contributed by atoms with E-state index in [4.69, 9.17) is 4.74 Å². The smallest absolute Gasteiger partial charge is 0.302 e. The van der Waals surface area contributed by atoms with Crippen LogP contribution in [-0.4, -0.2) is 18.4 Å². The van der Waals surface area contributed by atoms with Gasteiger partial charge >= 0.3 is 5.97 Å². The Morgan fingerprint density at radius 2 is 1.80 bits per heavy atom. The molecule has 0 N–H and O–H groups in total. The van der Waals surface area contributed by atoms with Gasteiger partial charge in [-0.1, -0.05) is 19.4 Å². The molecule has 0 spiro atoms. The third-order valence-electron chi connectivity index (χ3n) is 2.13. The first kappa shape index (κ1) is 13.9. The van der Waals surface area contributed by atoms with Crippen LogP contribution in [0.2, 0.25) is 0 Å². The van der Waals surface area contributed by atoms with Gasteiger partial charge in [0.25, 0.3) is 0 Å². The third kappa shape index (κ3) is 7.91. The van der Waals surface area contributed by atoms with E-state index in [2.05, 4.69) is 0 Å². The molecule has 0 rings (SSSR count).